The molecule has 0 amide bonds. The Morgan fingerprint density at radius 1 is 1.73 bits per heavy atom. The molecule has 1 rings (SSSR count). The predicted octanol–water partition coefficient (Wildman–Crippen LogP) is 0.547. The molecule has 2 atom stereocenters. The van der Waals surface area contributed by atoms with Gasteiger partial charge in [0.05, 0.1) is 12.5 Å². The van der Waals surface area contributed by atoms with E-state index in [0.29, 0.717) is 6.04 Å². The Labute approximate surface area is 67.1 Å². The molecule has 0 aliphatic carbocycles. The van der Waals surface area contributed by atoms with Gasteiger partial charge in [0.15, 0.2) is 0 Å². The molecule has 1 aliphatic rings. The minimum absolute atomic E-state index is 0.102. The Bertz CT molecular complexity index is 169. The fourth-order valence-corrected chi connectivity index (χ4v) is 1.62. The Hall–Kier alpha value is -0.570. The fourth-order valence-electron chi connectivity index (χ4n) is 1.62. The molecule has 64 valence electrons. The van der Waals surface area contributed by atoms with Crippen LogP contribution in [0.3, 0.4) is 0 Å². The van der Waals surface area contributed by atoms with Crippen LogP contribution in [0.4, 0.5) is 0 Å². The van der Waals surface area contributed by atoms with E-state index < -0.39 is 0 Å². The van der Waals surface area contributed by atoms with Crippen molar-refractivity contribution in [2.24, 2.45) is 5.41 Å². The monoisotopic (exact) mass is 157 g/mol. The highest BCUT2D eigenvalue weighted by molar-refractivity contribution is 5.77. The molecule has 0 aromatic carbocycles. The van der Waals surface area contributed by atoms with Crippen molar-refractivity contribution in [1.29, 1.82) is 0 Å². The number of rotatable bonds is 1. The third-order valence-corrected chi connectivity index (χ3v) is 2.28. The molecule has 3 nitrogen and oxygen atoms in total. The Balaban J connectivity index is 2.61. The van der Waals surface area contributed by atoms with E-state index in [1.165, 1.54) is 7.11 Å². The largest absolute Gasteiger partial charge is 0.469 e. The molecule has 3 heteroatoms. The summed E-state index contributed by atoms with van der Waals surface area (Å²) in [7, 11) is 1.44. The van der Waals surface area contributed by atoms with Gasteiger partial charge in [-0.2, -0.15) is 0 Å². The molecule has 1 aliphatic heterocycles. The molecule has 0 bridgehead atoms. The number of hydrogen-bond acceptors (Lipinski definition) is 3. The molecule has 1 fully saturated rings. The first kappa shape index (κ1) is 8.53. The second-order valence-electron chi connectivity index (χ2n) is 3.54. The zero-order valence-electron chi connectivity index (χ0n) is 7.31. The molecule has 0 radical (unpaired) electrons. The summed E-state index contributed by atoms with van der Waals surface area (Å²) in [4.78, 5) is 11.2. The van der Waals surface area contributed by atoms with Gasteiger partial charge in [-0.25, -0.2) is 0 Å². The summed E-state index contributed by atoms with van der Waals surface area (Å²) in [6.07, 6.45) is 0.875. The quantitative estimate of drug-likeness (QED) is 0.565. The molecule has 0 saturated carbocycles. The van der Waals surface area contributed by atoms with Crippen LogP contribution in [0.1, 0.15) is 20.3 Å². The molecule has 0 aromatic rings. The van der Waals surface area contributed by atoms with Gasteiger partial charge in [-0.15, -0.1) is 0 Å². The summed E-state index contributed by atoms with van der Waals surface area (Å²) >= 11 is 0. The Morgan fingerprint density at radius 2 is 2.36 bits per heavy atom. The van der Waals surface area contributed by atoms with E-state index in [1.807, 2.05) is 6.92 Å². The summed E-state index contributed by atoms with van der Waals surface area (Å²) in [5.74, 6) is -0.102. The van der Waals surface area contributed by atoms with Crippen molar-refractivity contribution in [2.75, 3.05) is 13.7 Å². The number of carbonyl (C=O) groups is 1. The van der Waals surface area contributed by atoms with Crippen molar-refractivity contribution in [3.05, 3.63) is 0 Å². The van der Waals surface area contributed by atoms with Crippen LogP contribution >= 0.6 is 0 Å². The number of methoxy groups -OCH3 is 1. The van der Waals surface area contributed by atoms with Gasteiger partial charge in [0, 0.05) is 12.6 Å². The molecule has 0 spiro atoms. The highest BCUT2D eigenvalue weighted by Gasteiger charge is 2.40. The van der Waals surface area contributed by atoms with E-state index in [0.717, 1.165) is 13.0 Å². The van der Waals surface area contributed by atoms with Crippen LogP contribution in [0.5, 0.6) is 0 Å². The van der Waals surface area contributed by atoms with Gasteiger partial charge in [0.2, 0.25) is 0 Å². The van der Waals surface area contributed by atoms with Crippen molar-refractivity contribution in [3.8, 4) is 0 Å². The molecule has 2 unspecified atom stereocenters. The second kappa shape index (κ2) is 2.81. The van der Waals surface area contributed by atoms with Gasteiger partial charge in [-0.05, 0) is 20.3 Å². The highest BCUT2D eigenvalue weighted by atomic mass is 16.5. The van der Waals surface area contributed by atoms with Crippen LogP contribution in [-0.4, -0.2) is 25.7 Å². The van der Waals surface area contributed by atoms with Crippen LogP contribution in [0.25, 0.3) is 0 Å². The maximum atomic E-state index is 11.2. The van der Waals surface area contributed by atoms with Crippen molar-refractivity contribution in [2.45, 2.75) is 26.3 Å². The predicted molar refractivity (Wildman–Crippen MR) is 42.2 cm³/mol. The van der Waals surface area contributed by atoms with Gasteiger partial charge in [-0.1, -0.05) is 0 Å². The fraction of sp³-hybridized carbons (Fsp3) is 0.875. The third kappa shape index (κ3) is 1.53. The Kier molecular flexibility index (Phi) is 2.18. The lowest BCUT2D eigenvalue weighted by atomic mass is 9.88. The van der Waals surface area contributed by atoms with E-state index >= 15 is 0 Å². The number of esters is 1. The number of nitrogens with one attached hydrogen (secondary N) is 1. The first-order chi connectivity index (χ1) is 5.08. The van der Waals surface area contributed by atoms with Crippen LogP contribution in [0.2, 0.25) is 0 Å². The van der Waals surface area contributed by atoms with E-state index in [9.17, 15) is 4.79 Å². The van der Waals surface area contributed by atoms with Crippen LogP contribution < -0.4 is 5.32 Å². The lowest BCUT2D eigenvalue weighted by Gasteiger charge is -2.18. The maximum Gasteiger partial charge on any atom is 0.312 e. The molecule has 1 heterocycles. The summed E-state index contributed by atoms with van der Waals surface area (Å²) in [6, 6.07) is 0.430. The minimum Gasteiger partial charge on any atom is -0.469 e. The average Bonchev–Trinajstić information content (AvgIpc) is 2.31. The Morgan fingerprint density at radius 3 is 2.73 bits per heavy atom. The van der Waals surface area contributed by atoms with Crippen molar-refractivity contribution < 1.29 is 9.53 Å². The summed E-state index contributed by atoms with van der Waals surface area (Å²) < 4.78 is 4.71. The lowest BCUT2D eigenvalue weighted by molar-refractivity contribution is -0.150. The van der Waals surface area contributed by atoms with Gasteiger partial charge in [0.25, 0.3) is 0 Å². The van der Waals surface area contributed by atoms with Gasteiger partial charge < -0.3 is 10.1 Å². The smallest absolute Gasteiger partial charge is 0.312 e. The maximum absolute atomic E-state index is 11.2. The normalized spacial score (nSPS) is 37.2. The topological polar surface area (TPSA) is 38.3 Å². The van der Waals surface area contributed by atoms with Crippen molar-refractivity contribution in [1.82, 2.24) is 5.32 Å². The molecule has 11 heavy (non-hydrogen) atoms. The minimum atomic E-state index is -0.297. The number of carbonyl (C=O) groups excluding carboxylic acids is 1. The standard InChI is InChI=1S/C8H15NO2/c1-6-4-8(2,5-9-6)7(10)11-3/h6,9H,4-5H2,1-3H3. The first-order valence-electron chi connectivity index (χ1n) is 3.90. The van der Waals surface area contributed by atoms with E-state index in [-0.39, 0.29) is 11.4 Å². The van der Waals surface area contributed by atoms with E-state index in [4.69, 9.17) is 4.74 Å². The molecule has 0 aromatic heterocycles. The van der Waals surface area contributed by atoms with Gasteiger partial charge >= 0.3 is 5.97 Å². The number of ether oxygens (including phenoxy) is 1. The van der Waals surface area contributed by atoms with Gasteiger partial charge in [0.1, 0.15) is 0 Å². The highest BCUT2D eigenvalue weighted by Crippen LogP contribution is 2.29. The van der Waals surface area contributed by atoms with E-state index in [1.54, 1.807) is 0 Å². The number of hydrogen-bond donors (Lipinski definition) is 1. The van der Waals surface area contributed by atoms with Gasteiger partial charge in [-0.3, -0.25) is 4.79 Å². The van der Waals surface area contributed by atoms with Crippen LogP contribution in [0, 0.1) is 5.41 Å². The molecule has 1 N–H and O–H groups in total. The van der Waals surface area contributed by atoms with Crippen molar-refractivity contribution >= 4 is 5.97 Å². The summed E-state index contributed by atoms with van der Waals surface area (Å²) in [5, 5.41) is 3.22. The second-order valence-corrected chi connectivity index (χ2v) is 3.54. The SMILES string of the molecule is COC(=O)C1(C)CNC(C)C1. The van der Waals surface area contributed by atoms with E-state index in [2.05, 4.69) is 12.2 Å². The molecular formula is C8H15NO2. The third-order valence-electron chi connectivity index (χ3n) is 2.28. The molecule has 1 saturated heterocycles. The lowest BCUT2D eigenvalue weighted by Crippen LogP contribution is -2.31. The molecular weight excluding hydrogens is 142 g/mol. The summed E-state index contributed by atoms with van der Waals surface area (Å²) in [5.41, 5.74) is -0.297. The zero-order chi connectivity index (χ0) is 8.48. The van der Waals surface area contributed by atoms with Crippen LogP contribution in [-0.2, 0) is 9.53 Å². The summed E-state index contributed by atoms with van der Waals surface area (Å²) in [6.45, 7) is 4.75. The van der Waals surface area contributed by atoms with Crippen LogP contribution in [0.15, 0.2) is 0 Å². The van der Waals surface area contributed by atoms with Crippen molar-refractivity contribution in [3.63, 3.8) is 0 Å². The first-order valence-corrected chi connectivity index (χ1v) is 3.90. The zero-order valence-corrected chi connectivity index (χ0v) is 7.31. The average molecular weight is 157 g/mol.